The lowest BCUT2D eigenvalue weighted by Crippen LogP contribution is -2.32. The van der Waals surface area contributed by atoms with Gasteiger partial charge in [0.15, 0.2) is 11.6 Å². The molecule has 1 aliphatic heterocycles. The zero-order valence-corrected chi connectivity index (χ0v) is 14.9. The quantitative estimate of drug-likeness (QED) is 0.653. The first-order chi connectivity index (χ1) is 13.5. The van der Waals surface area contributed by atoms with Gasteiger partial charge in [-0.1, -0.05) is 12.1 Å². The molecule has 4 nitrogen and oxygen atoms in total. The fourth-order valence-electron chi connectivity index (χ4n) is 2.86. The van der Waals surface area contributed by atoms with Crippen molar-refractivity contribution in [1.82, 2.24) is 0 Å². The molecule has 8 heteroatoms. The Hall–Kier alpha value is -3.39. The van der Waals surface area contributed by atoms with Gasteiger partial charge in [-0.15, -0.1) is 11.3 Å². The third-order valence-corrected chi connectivity index (χ3v) is 4.99. The van der Waals surface area contributed by atoms with Gasteiger partial charge in [0.05, 0.1) is 11.3 Å². The van der Waals surface area contributed by atoms with Crippen LogP contribution in [0.2, 0.25) is 0 Å². The summed E-state index contributed by atoms with van der Waals surface area (Å²) in [5.41, 5.74) is 0.188. The number of halogens is 3. The molecule has 1 N–H and O–H groups in total. The number of rotatable bonds is 4. The highest BCUT2D eigenvalue weighted by Crippen LogP contribution is 2.35. The van der Waals surface area contributed by atoms with Crippen LogP contribution >= 0.6 is 11.3 Å². The molecular weight excluding hydrogens is 389 g/mol. The van der Waals surface area contributed by atoms with Crippen LogP contribution in [0.3, 0.4) is 0 Å². The van der Waals surface area contributed by atoms with Gasteiger partial charge in [0.2, 0.25) is 0 Å². The lowest BCUT2D eigenvalue weighted by Gasteiger charge is -2.15. The number of anilines is 2. The lowest BCUT2D eigenvalue weighted by atomic mass is 10.2. The van der Waals surface area contributed by atoms with Gasteiger partial charge in [-0.3, -0.25) is 9.59 Å². The maximum absolute atomic E-state index is 13.7. The summed E-state index contributed by atoms with van der Waals surface area (Å²) in [7, 11) is 0. The van der Waals surface area contributed by atoms with Crippen LogP contribution in [0.1, 0.15) is 4.88 Å². The van der Waals surface area contributed by atoms with E-state index in [1.54, 1.807) is 23.6 Å². The maximum atomic E-state index is 13.7. The summed E-state index contributed by atoms with van der Waals surface area (Å²) in [5, 5.41) is 4.53. The summed E-state index contributed by atoms with van der Waals surface area (Å²) >= 11 is 1.24. The predicted molar refractivity (Wildman–Crippen MR) is 100 cm³/mol. The minimum atomic E-state index is -1.18. The van der Waals surface area contributed by atoms with Gasteiger partial charge >= 0.3 is 0 Å². The average molecular weight is 400 g/mol. The normalized spacial score (nSPS) is 14.2. The molecule has 28 heavy (non-hydrogen) atoms. The molecule has 0 saturated carbocycles. The molecule has 2 aromatic carbocycles. The second kappa shape index (κ2) is 6.97. The van der Waals surface area contributed by atoms with E-state index in [2.05, 4.69) is 5.32 Å². The van der Waals surface area contributed by atoms with Gasteiger partial charge in [-0.05, 0) is 41.8 Å². The van der Waals surface area contributed by atoms with Crippen LogP contribution in [0.4, 0.5) is 24.5 Å². The third kappa shape index (κ3) is 3.07. The molecule has 0 bridgehead atoms. The smallest absolute Gasteiger partial charge is 0.282 e. The van der Waals surface area contributed by atoms with Crippen LogP contribution in [0.5, 0.6) is 0 Å². The Balaban J connectivity index is 1.80. The summed E-state index contributed by atoms with van der Waals surface area (Å²) in [4.78, 5) is 27.3. The minimum Gasteiger partial charge on any atom is -0.350 e. The monoisotopic (exact) mass is 400 g/mol. The van der Waals surface area contributed by atoms with E-state index in [4.69, 9.17) is 0 Å². The minimum absolute atomic E-state index is 0.0669. The summed E-state index contributed by atoms with van der Waals surface area (Å²) in [6.07, 6.45) is 0. The maximum Gasteiger partial charge on any atom is 0.282 e. The number of nitrogens with zero attached hydrogens (tertiary/aromatic N) is 1. The topological polar surface area (TPSA) is 49.4 Å². The number of amides is 2. The third-order valence-electron chi connectivity index (χ3n) is 4.11. The molecule has 4 rings (SSSR count). The SMILES string of the molecule is O=C1C(Nc2cccc(F)c2)=C(c2cccs2)C(=O)N1c1ccc(F)c(F)c1. The van der Waals surface area contributed by atoms with Crippen LogP contribution in [0.15, 0.2) is 65.7 Å². The summed E-state index contributed by atoms with van der Waals surface area (Å²) < 4.78 is 40.4. The highest BCUT2D eigenvalue weighted by molar-refractivity contribution is 7.11. The molecule has 1 aliphatic rings. The molecule has 140 valence electrons. The zero-order valence-electron chi connectivity index (χ0n) is 14.1. The van der Waals surface area contributed by atoms with Gasteiger partial charge in [-0.2, -0.15) is 0 Å². The number of hydrogen-bond acceptors (Lipinski definition) is 4. The van der Waals surface area contributed by atoms with E-state index in [1.807, 2.05) is 0 Å². The van der Waals surface area contributed by atoms with Crippen LogP contribution in [-0.4, -0.2) is 11.8 Å². The van der Waals surface area contributed by atoms with Crippen LogP contribution in [0.25, 0.3) is 5.57 Å². The second-order valence-corrected chi connectivity index (χ2v) is 6.85. The molecule has 0 unspecified atom stereocenters. The molecule has 0 spiro atoms. The van der Waals surface area contributed by atoms with Crippen molar-refractivity contribution in [2.75, 3.05) is 10.2 Å². The molecule has 0 fully saturated rings. The first-order valence-corrected chi connectivity index (χ1v) is 8.98. The van der Waals surface area contributed by atoms with Gasteiger partial charge in [-0.25, -0.2) is 18.1 Å². The van der Waals surface area contributed by atoms with Crippen molar-refractivity contribution < 1.29 is 22.8 Å². The van der Waals surface area contributed by atoms with Gasteiger partial charge in [0.1, 0.15) is 11.5 Å². The Bertz CT molecular complexity index is 1130. The van der Waals surface area contributed by atoms with E-state index in [1.165, 1.54) is 29.5 Å². The van der Waals surface area contributed by atoms with E-state index in [-0.39, 0.29) is 22.6 Å². The van der Waals surface area contributed by atoms with E-state index >= 15 is 0 Å². The zero-order chi connectivity index (χ0) is 19.8. The molecule has 0 saturated heterocycles. The van der Waals surface area contributed by atoms with E-state index in [9.17, 15) is 22.8 Å². The number of hydrogen-bond donors (Lipinski definition) is 1. The number of carbonyl (C=O) groups is 2. The lowest BCUT2D eigenvalue weighted by molar-refractivity contribution is -0.120. The first kappa shape index (κ1) is 18.0. The van der Waals surface area contributed by atoms with Crippen LogP contribution in [-0.2, 0) is 9.59 Å². The number of thiophene rings is 1. The van der Waals surface area contributed by atoms with Gasteiger partial charge < -0.3 is 5.32 Å². The van der Waals surface area contributed by atoms with E-state index in [0.717, 1.165) is 23.1 Å². The summed E-state index contributed by atoms with van der Waals surface area (Å²) in [6.45, 7) is 0. The fourth-order valence-corrected chi connectivity index (χ4v) is 3.63. The highest BCUT2D eigenvalue weighted by atomic mass is 32.1. The highest BCUT2D eigenvalue weighted by Gasteiger charge is 2.41. The predicted octanol–water partition coefficient (Wildman–Crippen LogP) is 4.56. The Labute approximate surface area is 161 Å². The molecule has 3 aromatic rings. The number of benzene rings is 2. The van der Waals surface area contributed by atoms with Gasteiger partial charge in [0.25, 0.3) is 11.8 Å². The number of carbonyl (C=O) groups excluding carboxylic acids is 2. The van der Waals surface area contributed by atoms with Crippen molar-refractivity contribution in [3.05, 3.63) is 88.0 Å². The van der Waals surface area contributed by atoms with Crippen LogP contribution < -0.4 is 10.2 Å². The molecular formula is C20H11F3N2O2S. The molecule has 0 atom stereocenters. The Morgan fingerprint density at radius 1 is 0.857 bits per heavy atom. The molecule has 1 aromatic heterocycles. The van der Waals surface area contributed by atoms with Crippen molar-refractivity contribution >= 4 is 40.1 Å². The summed E-state index contributed by atoms with van der Waals surface area (Å²) in [5.74, 6) is -4.21. The Kier molecular flexibility index (Phi) is 4.48. The van der Waals surface area contributed by atoms with Crippen molar-refractivity contribution in [2.24, 2.45) is 0 Å². The van der Waals surface area contributed by atoms with E-state index in [0.29, 0.717) is 4.88 Å². The standard InChI is InChI=1S/C20H11F3N2O2S/c21-11-3-1-4-12(9-11)24-18-17(16-5-2-8-28-16)19(26)25(20(18)27)13-6-7-14(22)15(23)10-13/h1-10,24H. The van der Waals surface area contributed by atoms with Crippen molar-refractivity contribution in [3.8, 4) is 0 Å². The van der Waals surface area contributed by atoms with Crippen LogP contribution in [0, 0.1) is 17.5 Å². The number of imide groups is 1. The van der Waals surface area contributed by atoms with E-state index < -0.39 is 29.3 Å². The Morgan fingerprint density at radius 3 is 2.36 bits per heavy atom. The second-order valence-electron chi connectivity index (χ2n) is 5.91. The van der Waals surface area contributed by atoms with Gasteiger partial charge in [0, 0.05) is 16.6 Å². The van der Waals surface area contributed by atoms with Crippen molar-refractivity contribution in [3.63, 3.8) is 0 Å². The van der Waals surface area contributed by atoms with Crippen molar-refractivity contribution in [1.29, 1.82) is 0 Å². The average Bonchev–Trinajstić information content (AvgIpc) is 3.25. The summed E-state index contributed by atoms with van der Waals surface area (Å²) in [6, 6.07) is 11.6. The first-order valence-electron chi connectivity index (χ1n) is 8.10. The number of nitrogens with one attached hydrogen (secondary N) is 1. The molecule has 2 amide bonds. The van der Waals surface area contributed by atoms with Crippen molar-refractivity contribution in [2.45, 2.75) is 0 Å². The molecule has 0 radical (unpaired) electrons. The fraction of sp³-hybridized carbons (Fsp3) is 0. The Morgan fingerprint density at radius 2 is 1.68 bits per heavy atom. The largest absolute Gasteiger partial charge is 0.350 e. The molecule has 0 aliphatic carbocycles. The molecule has 2 heterocycles.